The number of rotatable bonds is 6. The largest absolute Gasteiger partial charge is 0.481 e. The summed E-state index contributed by atoms with van der Waals surface area (Å²) in [4.78, 5) is 18.8. The highest BCUT2D eigenvalue weighted by molar-refractivity contribution is 7.15. The van der Waals surface area contributed by atoms with Gasteiger partial charge in [-0.2, -0.15) is 0 Å². The number of ether oxygens (including phenoxy) is 1. The molecule has 5 nitrogen and oxygen atoms in total. The van der Waals surface area contributed by atoms with Crippen LogP contribution in [0.1, 0.15) is 29.3 Å². The van der Waals surface area contributed by atoms with Crippen LogP contribution < -0.4 is 4.90 Å². The maximum Gasteiger partial charge on any atom is 0.312 e. The molecule has 0 saturated heterocycles. The summed E-state index contributed by atoms with van der Waals surface area (Å²) in [6.07, 6.45) is 2.48. The highest BCUT2D eigenvalue weighted by atomic mass is 32.1. The van der Waals surface area contributed by atoms with Crippen molar-refractivity contribution in [3.63, 3.8) is 0 Å². The molecule has 6 heteroatoms. The SMILES string of the molecule is COCCCN(C)c1nc2c(s1)CCC2C(=O)O. The first-order chi connectivity index (χ1) is 8.63. The molecule has 1 aromatic heterocycles. The second kappa shape index (κ2) is 5.67. The van der Waals surface area contributed by atoms with Crippen molar-refractivity contribution in [3.8, 4) is 0 Å². The van der Waals surface area contributed by atoms with E-state index in [1.165, 1.54) is 0 Å². The average Bonchev–Trinajstić information content (AvgIpc) is 2.87. The van der Waals surface area contributed by atoms with Crippen molar-refractivity contribution in [2.75, 3.05) is 32.2 Å². The highest BCUT2D eigenvalue weighted by Gasteiger charge is 2.32. The summed E-state index contributed by atoms with van der Waals surface area (Å²) in [5.41, 5.74) is 0.779. The van der Waals surface area contributed by atoms with E-state index in [-0.39, 0.29) is 0 Å². The highest BCUT2D eigenvalue weighted by Crippen LogP contribution is 2.39. The van der Waals surface area contributed by atoms with Crippen LogP contribution in [0.4, 0.5) is 5.13 Å². The number of carboxylic acids is 1. The molecule has 0 amide bonds. The van der Waals surface area contributed by atoms with Gasteiger partial charge in [0.2, 0.25) is 0 Å². The molecule has 1 unspecified atom stereocenters. The Morgan fingerprint density at radius 1 is 1.67 bits per heavy atom. The third-order valence-electron chi connectivity index (χ3n) is 3.17. The molecule has 1 aliphatic rings. The summed E-state index contributed by atoms with van der Waals surface area (Å²) in [6.45, 7) is 1.60. The minimum Gasteiger partial charge on any atom is -0.481 e. The van der Waals surface area contributed by atoms with Crippen LogP contribution in [0, 0.1) is 0 Å². The third-order valence-corrected chi connectivity index (χ3v) is 4.42. The Morgan fingerprint density at radius 2 is 2.44 bits per heavy atom. The van der Waals surface area contributed by atoms with Crippen LogP contribution in [0.25, 0.3) is 0 Å². The fraction of sp³-hybridized carbons (Fsp3) is 0.667. The van der Waals surface area contributed by atoms with E-state index in [4.69, 9.17) is 9.84 Å². The Balaban J connectivity index is 2.04. The molecule has 1 aliphatic carbocycles. The van der Waals surface area contributed by atoms with Crippen LogP contribution >= 0.6 is 11.3 Å². The van der Waals surface area contributed by atoms with E-state index in [2.05, 4.69) is 9.88 Å². The molecular weight excluding hydrogens is 252 g/mol. The second-order valence-electron chi connectivity index (χ2n) is 4.50. The van der Waals surface area contributed by atoms with E-state index >= 15 is 0 Å². The standard InChI is InChI=1S/C12H18N2O3S/c1-14(6-3-7-17-2)12-13-10-8(11(15)16)4-5-9(10)18-12/h8H,3-7H2,1-2H3,(H,15,16). The predicted octanol–water partition coefficient (Wildman–Crippen LogP) is 1.73. The molecule has 1 heterocycles. The van der Waals surface area contributed by atoms with Gasteiger partial charge in [-0.05, 0) is 19.3 Å². The summed E-state index contributed by atoms with van der Waals surface area (Å²) < 4.78 is 5.02. The Morgan fingerprint density at radius 3 is 3.11 bits per heavy atom. The first-order valence-electron chi connectivity index (χ1n) is 6.06. The van der Waals surface area contributed by atoms with Crippen LogP contribution in [0.2, 0.25) is 0 Å². The maximum absolute atomic E-state index is 11.1. The van der Waals surface area contributed by atoms with Gasteiger partial charge in [-0.15, -0.1) is 11.3 Å². The number of aliphatic carboxylic acids is 1. The third kappa shape index (κ3) is 2.64. The Hall–Kier alpha value is -1.14. The van der Waals surface area contributed by atoms with E-state index < -0.39 is 11.9 Å². The molecule has 100 valence electrons. The summed E-state index contributed by atoms with van der Waals surface area (Å²) in [6, 6.07) is 0. The molecule has 0 saturated carbocycles. The number of nitrogens with zero attached hydrogens (tertiary/aromatic N) is 2. The number of aromatic nitrogens is 1. The van der Waals surface area contributed by atoms with Crippen molar-refractivity contribution in [1.29, 1.82) is 0 Å². The second-order valence-corrected chi connectivity index (χ2v) is 5.56. The van der Waals surface area contributed by atoms with Gasteiger partial charge in [-0.1, -0.05) is 0 Å². The topological polar surface area (TPSA) is 62.7 Å². The summed E-state index contributed by atoms with van der Waals surface area (Å²) in [5.74, 6) is -1.16. The van der Waals surface area contributed by atoms with Crippen molar-refractivity contribution in [2.45, 2.75) is 25.2 Å². The number of hydrogen-bond acceptors (Lipinski definition) is 5. The van der Waals surface area contributed by atoms with Gasteiger partial charge in [0.05, 0.1) is 5.69 Å². The van der Waals surface area contributed by atoms with E-state index in [0.29, 0.717) is 6.42 Å². The molecule has 0 bridgehead atoms. The normalized spacial score (nSPS) is 17.8. The van der Waals surface area contributed by atoms with Gasteiger partial charge in [0.15, 0.2) is 5.13 Å². The predicted molar refractivity (Wildman–Crippen MR) is 70.6 cm³/mol. The summed E-state index contributed by atoms with van der Waals surface area (Å²) >= 11 is 1.62. The Kier molecular flexibility index (Phi) is 4.19. The Bertz CT molecular complexity index is 433. The molecular formula is C12H18N2O3S. The van der Waals surface area contributed by atoms with Gasteiger partial charge in [0.1, 0.15) is 5.92 Å². The fourth-order valence-electron chi connectivity index (χ4n) is 2.16. The summed E-state index contributed by atoms with van der Waals surface area (Å²) in [7, 11) is 3.68. The number of anilines is 1. The van der Waals surface area contributed by atoms with Crippen molar-refractivity contribution in [3.05, 3.63) is 10.6 Å². The first-order valence-corrected chi connectivity index (χ1v) is 6.87. The van der Waals surface area contributed by atoms with E-state index in [1.807, 2.05) is 7.05 Å². The van der Waals surface area contributed by atoms with Crippen LogP contribution in [0.5, 0.6) is 0 Å². The molecule has 0 radical (unpaired) electrons. The number of methoxy groups -OCH3 is 1. The van der Waals surface area contributed by atoms with Crippen LogP contribution in [0.3, 0.4) is 0 Å². The maximum atomic E-state index is 11.1. The van der Waals surface area contributed by atoms with Crippen molar-refractivity contribution >= 4 is 22.4 Å². The molecule has 2 rings (SSSR count). The lowest BCUT2D eigenvalue weighted by Crippen LogP contribution is -2.20. The van der Waals surface area contributed by atoms with Gasteiger partial charge in [0, 0.05) is 32.2 Å². The number of carboxylic acid groups (broad SMARTS) is 1. The molecule has 0 aliphatic heterocycles. The van der Waals surface area contributed by atoms with E-state index in [1.54, 1.807) is 18.4 Å². The first kappa shape index (κ1) is 13.3. The molecule has 1 atom stereocenters. The van der Waals surface area contributed by atoms with Crippen molar-refractivity contribution in [1.82, 2.24) is 4.98 Å². The van der Waals surface area contributed by atoms with E-state index in [0.717, 1.165) is 41.7 Å². The number of fused-ring (bicyclic) bond motifs is 1. The van der Waals surface area contributed by atoms with Crippen LogP contribution in [-0.2, 0) is 16.0 Å². The molecule has 1 N–H and O–H groups in total. The summed E-state index contributed by atoms with van der Waals surface area (Å²) in [5, 5.41) is 10.0. The van der Waals surface area contributed by atoms with Gasteiger partial charge in [0.25, 0.3) is 0 Å². The molecule has 1 aromatic rings. The van der Waals surface area contributed by atoms with Crippen LogP contribution in [0.15, 0.2) is 0 Å². The minimum absolute atomic E-state index is 0.405. The number of aryl methyl sites for hydroxylation is 1. The zero-order valence-corrected chi connectivity index (χ0v) is 11.5. The minimum atomic E-state index is -0.757. The monoisotopic (exact) mass is 270 g/mol. The molecule has 0 spiro atoms. The number of hydrogen-bond donors (Lipinski definition) is 1. The molecule has 0 aromatic carbocycles. The Labute approximate surface area is 110 Å². The van der Waals surface area contributed by atoms with Gasteiger partial charge in [-0.25, -0.2) is 4.98 Å². The average molecular weight is 270 g/mol. The molecule has 18 heavy (non-hydrogen) atoms. The lowest BCUT2D eigenvalue weighted by Gasteiger charge is -2.15. The molecule has 0 fully saturated rings. The van der Waals surface area contributed by atoms with Gasteiger partial charge in [-0.3, -0.25) is 4.79 Å². The van der Waals surface area contributed by atoms with Crippen molar-refractivity contribution < 1.29 is 14.6 Å². The zero-order chi connectivity index (χ0) is 13.1. The number of carbonyl (C=O) groups is 1. The zero-order valence-electron chi connectivity index (χ0n) is 10.7. The fourth-order valence-corrected chi connectivity index (χ4v) is 3.28. The smallest absolute Gasteiger partial charge is 0.312 e. The quantitative estimate of drug-likeness (QED) is 0.798. The van der Waals surface area contributed by atoms with E-state index in [9.17, 15) is 4.79 Å². The van der Waals surface area contributed by atoms with Crippen molar-refractivity contribution in [2.24, 2.45) is 0 Å². The van der Waals surface area contributed by atoms with Crippen LogP contribution in [-0.4, -0.2) is 43.4 Å². The lowest BCUT2D eigenvalue weighted by molar-refractivity contribution is -0.138. The van der Waals surface area contributed by atoms with Gasteiger partial charge >= 0.3 is 5.97 Å². The number of thiazole rings is 1. The van der Waals surface area contributed by atoms with Gasteiger partial charge < -0.3 is 14.7 Å². The lowest BCUT2D eigenvalue weighted by atomic mass is 10.1.